The van der Waals surface area contributed by atoms with E-state index in [2.05, 4.69) is 17.1 Å². The number of rotatable bonds is 4. The van der Waals surface area contributed by atoms with Crippen LogP contribution in [0.4, 0.5) is 0 Å². The number of likely N-dealkylation sites (tertiary alicyclic amines) is 1. The average Bonchev–Trinajstić information content (AvgIpc) is 2.52. The molecule has 2 unspecified atom stereocenters. The van der Waals surface area contributed by atoms with Gasteiger partial charge in [-0.3, -0.25) is 9.69 Å². The van der Waals surface area contributed by atoms with Crippen LogP contribution in [0.1, 0.15) is 26.7 Å². The smallest absolute Gasteiger partial charge is 0.217 e. The largest absolute Gasteiger partial charge is 0.352 e. The number of hydrogen-bond acceptors (Lipinski definition) is 3. The molecule has 1 saturated heterocycles. The quantitative estimate of drug-likeness (QED) is 0.666. The molecule has 2 atom stereocenters. The second kappa shape index (κ2) is 5.32. The van der Waals surface area contributed by atoms with Crippen LogP contribution in [0.25, 0.3) is 0 Å². The van der Waals surface area contributed by atoms with Crippen molar-refractivity contribution in [2.75, 3.05) is 19.6 Å². The molecule has 0 spiro atoms. The van der Waals surface area contributed by atoms with Crippen LogP contribution in [0.3, 0.4) is 0 Å². The minimum atomic E-state index is 0.0725. The maximum atomic E-state index is 10.9. The summed E-state index contributed by atoms with van der Waals surface area (Å²) in [6, 6.07) is 0.881. The zero-order chi connectivity index (χ0) is 10.6. The van der Waals surface area contributed by atoms with Crippen molar-refractivity contribution in [3.8, 4) is 0 Å². The Labute approximate surface area is 85.8 Å². The first-order valence-corrected chi connectivity index (χ1v) is 5.34. The number of nitrogens with zero attached hydrogens (tertiary/aromatic N) is 1. The van der Waals surface area contributed by atoms with E-state index in [0.29, 0.717) is 12.1 Å². The third-order valence-corrected chi connectivity index (χ3v) is 2.83. The molecule has 0 saturated carbocycles. The Bertz CT molecular complexity index is 196. The number of carbonyl (C=O) groups is 1. The molecule has 0 aliphatic carbocycles. The lowest BCUT2D eigenvalue weighted by molar-refractivity contribution is -0.119. The van der Waals surface area contributed by atoms with Crippen LogP contribution in [0.2, 0.25) is 0 Å². The summed E-state index contributed by atoms with van der Waals surface area (Å²) in [4.78, 5) is 13.2. The van der Waals surface area contributed by atoms with E-state index in [-0.39, 0.29) is 5.91 Å². The first-order chi connectivity index (χ1) is 6.63. The van der Waals surface area contributed by atoms with Gasteiger partial charge in [-0.1, -0.05) is 0 Å². The van der Waals surface area contributed by atoms with E-state index in [1.165, 1.54) is 0 Å². The van der Waals surface area contributed by atoms with Gasteiger partial charge in [-0.05, 0) is 26.3 Å². The maximum Gasteiger partial charge on any atom is 0.217 e. The maximum absolute atomic E-state index is 10.9. The van der Waals surface area contributed by atoms with Gasteiger partial charge >= 0.3 is 0 Å². The van der Waals surface area contributed by atoms with E-state index in [1.54, 1.807) is 6.92 Å². The Balaban J connectivity index is 2.29. The van der Waals surface area contributed by atoms with Gasteiger partial charge in [0.25, 0.3) is 0 Å². The molecule has 4 nitrogen and oxygen atoms in total. The zero-order valence-corrected chi connectivity index (χ0v) is 9.12. The molecule has 0 radical (unpaired) electrons. The Morgan fingerprint density at radius 1 is 1.71 bits per heavy atom. The summed E-state index contributed by atoms with van der Waals surface area (Å²) < 4.78 is 0. The first kappa shape index (κ1) is 11.5. The third-order valence-electron chi connectivity index (χ3n) is 2.83. The van der Waals surface area contributed by atoms with E-state index in [1.807, 2.05) is 0 Å². The highest BCUT2D eigenvalue weighted by molar-refractivity contribution is 5.73. The van der Waals surface area contributed by atoms with Crippen molar-refractivity contribution in [2.45, 2.75) is 38.8 Å². The number of nitrogens with one attached hydrogen (secondary N) is 1. The standard InChI is InChI=1S/C10H21N3O/c1-8(3-5-11)13-6-4-10(7-13)12-9(2)14/h8,10H,3-7,11H2,1-2H3,(H,12,14). The lowest BCUT2D eigenvalue weighted by Crippen LogP contribution is -2.38. The van der Waals surface area contributed by atoms with Crippen LogP contribution >= 0.6 is 0 Å². The van der Waals surface area contributed by atoms with Gasteiger partial charge in [-0.25, -0.2) is 0 Å². The molecule has 1 aliphatic heterocycles. The van der Waals surface area contributed by atoms with Gasteiger partial charge in [0.1, 0.15) is 0 Å². The fourth-order valence-corrected chi connectivity index (χ4v) is 2.02. The molecule has 0 aromatic heterocycles. The zero-order valence-electron chi connectivity index (χ0n) is 9.12. The van der Waals surface area contributed by atoms with Crippen molar-refractivity contribution in [1.82, 2.24) is 10.2 Å². The van der Waals surface area contributed by atoms with Crippen LogP contribution in [0.5, 0.6) is 0 Å². The predicted octanol–water partition coefficient (Wildman–Crippen LogP) is -0.0659. The first-order valence-electron chi connectivity index (χ1n) is 5.34. The number of amides is 1. The minimum absolute atomic E-state index is 0.0725. The van der Waals surface area contributed by atoms with Gasteiger partial charge < -0.3 is 11.1 Å². The van der Waals surface area contributed by atoms with E-state index in [9.17, 15) is 4.79 Å². The molecule has 1 fully saturated rings. The molecular weight excluding hydrogens is 178 g/mol. The monoisotopic (exact) mass is 199 g/mol. The predicted molar refractivity (Wildman–Crippen MR) is 56.9 cm³/mol. The van der Waals surface area contributed by atoms with E-state index in [0.717, 1.165) is 32.5 Å². The molecule has 0 aromatic rings. The Kier molecular flexibility index (Phi) is 4.35. The highest BCUT2D eigenvalue weighted by Crippen LogP contribution is 2.14. The highest BCUT2D eigenvalue weighted by Gasteiger charge is 2.25. The number of nitrogens with two attached hydrogens (primary N) is 1. The van der Waals surface area contributed by atoms with Gasteiger partial charge in [0.15, 0.2) is 0 Å². The van der Waals surface area contributed by atoms with Gasteiger partial charge in [0.2, 0.25) is 5.91 Å². The Morgan fingerprint density at radius 3 is 3.00 bits per heavy atom. The van der Waals surface area contributed by atoms with Crippen LogP contribution in [-0.4, -0.2) is 42.5 Å². The molecule has 1 amide bonds. The molecule has 0 bridgehead atoms. The summed E-state index contributed by atoms with van der Waals surface area (Å²) in [5.74, 6) is 0.0725. The third kappa shape index (κ3) is 3.27. The molecule has 3 N–H and O–H groups in total. The van der Waals surface area contributed by atoms with Crippen molar-refractivity contribution in [3.05, 3.63) is 0 Å². The second-order valence-corrected chi connectivity index (χ2v) is 4.11. The van der Waals surface area contributed by atoms with Crippen molar-refractivity contribution in [1.29, 1.82) is 0 Å². The van der Waals surface area contributed by atoms with Crippen LogP contribution in [0, 0.1) is 0 Å². The van der Waals surface area contributed by atoms with Crippen LogP contribution in [0.15, 0.2) is 0 Å². The van der Waals surface area contributed by atoms with Crippen LogP contribution < -0.4 is 11.1 Å². The second-order valence-electron chi connectivity index (χ2n) is 4.11. The normalized spacial score (nSPS) is 24.9. The molecule has 14 heavy (non-hydrogen) atoms. The fourth-order valence-electron chi connectivity index (χ4n) is 2.02. The lowest BCUT2D eigenvalue weighted by atomic mass is 10.2. The molecule has 1 aliphatic rings. The minimum Gasteiger partial charge on any atom is -0.352 e. The summed E-state index contributed by atoms with van der Waals surface area (Å²) >= 11 is 0. The fraction of sp³-hybridized carbons (Fsp3) is 0.900. The van der Waals surface area contributed by atoms with Crippen molar-refractivity contribution >= 4 is 5.91 Å². The van der Waals surface area contributed by atoms with Gasteiger partial charge in [0.05, 0.1) is 0 Å². The van der Waals surface area contributed by atoms with Gasteiger partial charge in [0, 0.05) is 32.1 Å². The average molecular weight is 199 g/mol. The topological polar surface area (TPSA) is 58.4 Å². The summed E-state index contributed by atoms with van der Waals surface area (Å²) in [5.41, 5.74) is 5.52. The lowest BCUT2D eigenvalue weighted by Gasteiger charge is -2.23. The number of hydrogen-bond donors (Lipinski definition) is 2. The highest BCUT2D eigenvalue weighted by atomic mass is 16.1. The molecule has 1 heterocycles. The summed E-state index contributed by atoms with van der Waals surface area (Å²) in [5, 5.41) is 2.96. The van der Waals surface area contributed by atoms with Gasteiger partial charge in [-0.2, -0.15) is 0 Å². The van der Waals surface area contributed by atoms with Crippen molar-refractivity contribution in [3.63, 3.8) is 0 Å². The summed E-state index contributed by atoms with van der Waals surface area (Å²) in [6.45, 7) is 6.56. The van der Waals surface area contributed by atoms with E-state index >= 15 is 0 Å². The molecule has 0 aromatic carbocycles. The molecule has 1 rings (SSSR count). The Hall–Kier alpha value is -0.610. The van der Waals surface area contributed by atoms with E-state index < -0.39 is 0 Å². The van der Waals surface area contributed by atoms with Crippen LogP contribution in [-0.2, 0) is 4.79 Å². The Morgan fingerprint density at radius 2 is 2.43 bits per heavy atom. The summed E-state index contributed by atoms with van der Waals surface area (Å²) in [7, 11) is 0. The van der Waals surface area contributed by atoms with Gasteiger partial charge in [-0.15, -0.1) is 0 Å². The molecular formula is C10H21N3O. The molecule has 4 heteroatoms. The number of carbonyl (C=O) groups excluding carboxylic acids is 1. The van der Waals surface area contributed by atoms with E-state index in [4.69, 9.17) is 5.73 Å². The van der Waals surface area contributed by atoms with Crippen molar-refractivity contribution in [2.24, 2.45) is 5.73 Å². The summed E-state index contributed by atoms with van der Waals surface area (Å²) in [6.07, 6.45) is 2.10. The van der Waals surface area contributed by atoms with Crippen molar-refractivity contribution < 1.29 is 4.79 Å². The SMILES string of the molecule is CC(=O)NC1CCN(C(C)CCN)C1. The molecule has 82 valence electrons.